The monoisotopic (exact) mass is 871 g/mol. The summed E-state index contributed by atoms with van der Waals surface area (Å²) in [5.74, 6) is 0. The number of fused-ring (bicyclic) bond motifs is 15. The van der Waals surface area contributed by atoms with Gasteiger partial charge in [-0.25, -0.2) is 0 Å². The Morgan fingerprint density at radius 2 is 1.19 bits per heavy atom. The molecule has 10 aromatic carbocycles. The molecule has 6 heteroatoms. The summed E-state index contributed by atoms with van der Waals surface area (Å²) < 4.78 is 16.5. The Kier molecular flexibility index (Phi) is 7.91. The highest BCUT2D eigenvalue weighted by atomic mass is 16.3. The first-order chi connectivity index (χ1) is 33.7. The van der Waals surface area contributed by atoms with E-state index in [1.54, 1.807) is 0 Å². The van der Waals surface area contributed by atoms with E-state index < -0.39 is 0 Å². The number of anilines is 6. The van der Waals surface area contributed by atoms with Crippen molar-refractivity contribution in [1.82, 2.24) is 4.48 Å². The predicted molar refractivity (Wildman–Crippen MR) is 285 cm³/mol. The lowest BCUT2D eigenvalue weighted by Gasteiger charge is -2.41. The molecular formula is C62H42BN3O2. The molecule has 0 saturated heterocycles. The zero-order valence-electron chi connectivity index (χ0n) is 37.4. The third-order valence-corrected chi connectivity index (χ3v) is 14.9. The second kappa shape index (κ2) is 14.3. The Hall–Kier alpha value is -8.48. The summed E-state index contributed by atoms with van der Waals surface area (Å²) in [6.07, 6.45) is 3.43. The van der Waals surface area contributed by atoms with Crippen molar-refractivity contribution in [2.45, 2.75) is 26.2 Å². The maximum Gasteiger partial charge on any atom is 0.333 e. The minimum atomic E-state index is -0.204. The number of aryl methyl sites for hydroxylation is 1. The largest absolute Gasteiger partial charge is 0.456 e. The summed E-state index contributed by atoms with van der Waals surface area (Å²) in [5.41, 5.74) is 18.7. The van der Waals surface area contributed by atoms with Crippen molar-refractivity contribution >= 4 is 128 Å². The second-order valence-electron chi connectivity index (χ2n) is 18.6. The van der Waals surface area contributed by atoms with Crippen LogP contribution in [0.25, 0.3) is 87.6 Å². The molecule has 5 heterocycles. The van der Waals surface area contributed by atoms with Crippen LogP contribution in [0.1, 0.15) is 25.3 Å². The van der Waals surface area contributed by atoms with Crippen LogP contribution in [-0.2, 0) is 6.42 Å². The molecule has 0 N–H and O–H groups in total. The van der Waals surface area contributed by atoms with Gasteiger partial charge >= 0.3 is 6.85 Å². The van der Waals surface area contributed by atoms with Gasteiger partial charge in [0.15, 0.2) is 5.58 Å². The molecule has 0 unspecified atom stereocenters. The molecule has 15 rings (SSSR count). The van der Waals surface area contributed by atoms with Crippen LogP contribution in [0, 0.1) is 0 Å². The first kappa shape index (κ1) is 37.7. The normalized spacial score (nSPS) is 12.9. The Balaban J connectivity index is 1.09. The number of hydrogen-bond acceptors (Lipinski definition) is 4. The summed E-state index contributed by atoms with van der Waals surface area (Å²) in [6, 6.07) is 73.5. The van der Waals surface area contributed by atoms with E-state index in [9.17, 15) is 0 Å². The topological polar surface area (TPSA) is 37.7 Å². The molecule has 0 fully saturated rings. The number of furan rings is 2. The average Bonchev–Trinajstić information content (AvgIpc) is 4.07. The van der Waals surface area contributed by atoms with Crippen LogP contribution >= 0.6 is 0 Å². The lowest BCUT2D eigenvalue weighted by atomic mass is 9.44. The summed E-state index contributed by atoms with van der Waals surface area (Å²) in [6.45, 7) is 2.06. The number of nitrogens with zero attached hydrogens (tertiary/aromatic N) is 3. The van der Waals surface area contributed by atoms with Gasteiger partial charge in [-0.05, 0) is 118 Å². The summed E-state index contributed by atoms with van der Waals surface area (Å²) in [4.78, 5) is 4.89. The number of rotatable bonds is 7. The number of aromatic nitrogens is 1. The first-order valence-corrected chi connectivity index (χ1v) is 23.9. The van der Waals surface area contributed by atoms with Gasteiger partial charge in [-0.2, -0.15) is 0 Å². The molecular weight excluding hydrogens is 830 g/mol. The third-order valence-electron chi connectivity index (χ3n) is 14.9. The van der Waals surface area contributed by atoms with Crippen molar-refractivity contribution in [3.05, 3.63) is 206 Å². The predicted octanol–water partition coefficient (Wildman–Crippen LogP) is 16.0. The zero-order valence-corrected chi connectivity index (χ0v) is 37.4. The molecule has 2 aliphatic rings. The molecule has 0 atom stereocenters. The molecule has 0 saturated carbocycles. The van der Waals surface area contributed by atoms with Crippen molar-refractivity contribution in [2.24, 2.45) is 0 Å². The highest BCUT2D eigenvalue weighted by Crippen LogP contribution is 2.52. The zero-order chi connectivity index (χ0) is 44.6. The fourth-order valence-electron chi connectivity index (χ4n) is 11.9. The standard InChI is InChI=1S/C62H42BN3O2/c1-2-3-15-38-28-30-42(31-29-38)64(41-18-5-4-6-19-41)43-32-33-51-50(36-43)63-60-54(65(51)52-25-14-23-46-44-20-9-11-26-55(44)68-62(46)52)37-57-58(47-21-10-12-27-56(47)67-57)59(60)48-24-13-22-45-49-34-39-16-7-8-17-40(39)35-53(49)66(63)61(45)48/h4-14,16-37H,2-3,15H2,1H3. The molecule has 5 nitrogen and oxygen atoms in total. The van der Waals surface area contributed by atoms with E-state index in [-0.39, 0.29) is 6.85 Å². The molecule has 0 spiro atoms. The molecule has 3 aromatic heterocycles. The lowest BCUT2D eigenvalue weighted by Crippen LogP contribution is -2.56. The van der Waals surface area contributed by atoms with Gasteiger partial charge < -0.3 is 23.1 Å². The Bertz CT molecular complexity index is 4220. The Morgan fingerprint density at radius 3 is 2.03 bits per heavy atom. The van der Waals surface area contributed by atoms with Crippen LogP contribution in [-0.4, -0.2) is 11.3 Å². The number of benzene rings is 10. The van der Waals surface area contributed by atoms with E-state index in [1.807, 2.05) is 0 Å². The SMILES string of the molecule is CCCCc1ccc(N(c2ccccc2)c2ccc3c(c2)B2c4c(cc5oc6ccccc6c5c4-c4cccc5c6cc7ccccc7cc6n2c45)N3c2cccc3c2oc2ccccc23)cc1. The first-order valence-electron chi connectivity index (χ1n) is 23.9. The van der Waals surface area contributed by atoms with Crippen LogP contribution < -0.4 is 20.7 Å². The minimum Gasteiger partial charge on any atom is -0.456 e. The average molecular weight is 872 g/mol. The van der Waals surface area contributed by atoms with E-state index in [0.717, 1.165) is 84.4 Å². The quantitative estimate of drug-likeness (QED) is 0.150. The van der Waals surface area contributed by atoms with Crippen LogP contribution in [0.15, 0.2) is 209 Å². The maximum atomic E-state index is 6.94. The van der Waals surface area contributed by atoms with Crippen LogP contribution in [0.3, 0.4) is 0 Å². The van der Waals surface area contributed by atoms with E-state index in [1.165, 1.54) is 73.0 Å². The van der Waals surface area contributed by atoms with E-state index in [2.05, 4.69) is 221 Å². The van der Waals surface area contributed by atoms with Gasteiger partial charge in [0.25, 0.3) is 0 Å². The number of para-hydroxylation sites is 5. The van der Waals surface area contributed by atoms with Crippen molar-refractivity contribution in [2.75, 3.05) is 9.80 Å². The van der Waals surface area contributed by atoms with Crippen molar-refractivity contribution in [3.63, 3.8) is 0 Å². The van der Waals surface area contributed by atoms with Crippen molar-refractivity contribution in [1.29, 1.82) is 0 Å². The molecule has 0 amide bonds. The summed E-state index contributed by atoms with van der Waals surface area (Å²) in [5, 5.41) is 9.43. The summed E-state index contributed by atoms with van der Waals surface area (Å²) in [7, 11) is 0. The highest BCUT2D eigenvalue weighted by molar-refractivity contribution is 6.90. The molecule has 0 bridgehead atoms. The minimum absolute atomic E-state index is 0.204. The molecule has 13 aromatic rings. The van der Waals surface area contributed by atoms with Crippen LogP contribution in [0.4, 0.5) is 34.1 Å². The van der Waals surface area contributed by atoms with Gasteiger partial charge in [0.2, 0.25) is 0 Å². The fraction of sp³-hybridized carbons (Fsp3) is 0.0645. The second-order valence-corrected chi connectivity index (χ2v) is 18.6. The van der Waals surface area contributed by atoms with Gasteiger partial charge in [-0.3, -0.25) is 0 Å². The van der Waals surface area contributed by atoms with E-state index in [0.29, 0.717) is 0 Å². The van der Waals surface area contributed by atoms with Crippen LogP contribution in [0.5, 0.6) is 0 Å². The van der Waals surface area contributed by atoms with E-state index >= 15 is 0 Å². The van der Waals surface area contributed by atoms with Gasteiger partial charge in [0, 0.05) is 83.4 Å². The van der Waals surface area contributed by atoms with Crippen LogP contribution in [0.2, 0.25) is 0 Å². The lowest BCUT2D eigenvalue weighted by molar-refractivity contribution is 0.667. The smallest absolute Gasteiger partial charge is 0.333 e. The summed E-state index contributed by atoms with van der Waals surface area (Å²) >= 11 is 0. The molecule has 0 aliphatic carbocycles. The molecule has 320 valence electrons. The Labute approximate surface area is 392 Å². The molecule has 2 aliphatic heterocycles. The van der Waals surface area contributed by atoms with Gasteiger partial charge in [0.1, 0.15) is 16.7 Å². The van der Waals surface area contributed by atoms with Gasteiger partial charge in [-0.1, -0.05) is 135 Å². The van der Waals surface area contributed by atoms with Gasteiger partial charge in [-0.15, -0.1) is 0 Å². The number of unbranched alkanes of at least 4 members (excludes halogenated alkanes) is 1. The molecule has 68 heavy (non-hydrogen) atoms. The van der Waals surface area contributed by atoms with Gasteiger partial charge in [0.05, 0.1) is 5.69 Å². The van der Waals surface area contributed by atoms with E-state index in [4.69, 9.17) is 8.83 Å². The van der Waals surface area contributed by atoms with Crippen molar-refractivity contribution < 1.29 is 8.83 Å². The third kappa shape index (κ3) is 5.23. The highest BCUT2D eigenvalue weighted by Gasteiger charge is 2.45. The fourth-order valence-corrected chi connectivity index (χ4v) is 11.9. The number of hydrogen-bond donors (Lipinski definition) is 0. The Morgan fingerprint density at radius 1 is 0.500 bits per heavy atom. The van der Waals surface area contributed by atoms with Crippen molar-refractivity contribution in [3.8, 4) is 11.1 Å². The maximum absolute atomic E-state index is 6.94. The molecule has 0 radical (unpaired) electrons.